The van der Waals surface area contributed by atoms with Gasteiger partial charge in [0, 0.05) is 17.1 Å². The number of ether oxygens (including phenoxy) is 1. The number of aliphatic hydroxyl groups excluding tert-OH is 2. The molecular weight excluding hydrogens is 218 g/mol. The summed E-state index contributed by atoms with van der Waals surface area (Å²) in [6.07, 6.45) is -0.144. The topological polar surface area (TPSA) is 62.6 Å². The Hall–Kier alpha value is -1.65. The van der Waals surface area contributed by atoms with E-state index < -0.39 is 12.2 Å². The van der Waals surface area contributed by atoms with Crippen LogP contribution in [0, 0.1) is 0 Å². The quantitative estimate of drug-likeness (QED) is 0.846. The van der Waals surface area contributed by atoms with Crippen LogP contribution in [0.4, 0.5) is 0 Å². The molecule has 0 bridgehead atoms. The summed E-state index contributed by atoms with van der Waals surface area (Å²) < 4.78 is 5.23. The van der Waals surface area contributed by atoms with Crippen LogP contribution in [0.5, 0.6) is 5.75 Å². The Morgan fingerprint density at radius 1 is 1.29 bits per heavy atom. The van der Waals surface area contributed by atoms with E-state index in [2.05, 4.69) is 4.98 Å². The molecule has 0 radical (unpaired) electrons. The Balaban J connectivity index is 2.60. The summed E-state index contributed by atoms with van der Waals surface area (Å²) in [4.78, 5) is 4.21. The van der Waals surface area contributed by atoms with Gasteiger partial charge >= 0.3 is 0 Å². The highest BCUT2D eigenvalue weighted by Crippen LogP contribution is 2.31. The summed E-state index contributed by atoms with van der Waals surface area (Å²) in [5, 5.41) is 20.3. The third kappa shape index (κ3) is 2.23. The Kier molecular flexibility index (Phi) is 3.26. The maximum absolute atomic E-state index is 9.91. The first-order valence-corrected chi connectivity index (χ1v) is 5.42. The van der Waals surface area contributed by atoms with E-state index in [1.165, 1.54) is 14.0 Å². The fraction of sp³-hybridized carbons (Fsp3) is 0.308. The molecule has 0 fully saturated rings. The van der Waals surface area contributed by atoms with E-state index in [1.54, 1.807) is 12.3 Å². The lowest BCUT2D eigenvalue weighted by Gasteiger charge is -2.17. The second-order valence-electron chi connectivity index (χ2n) is 3.98. The summed E-state index contributed by atoms with van der Waals surface area (Å²) in [7, 11) is 1.54. The number of aliphatic hydroxyl groups is 2. The lowest BCUT2D eigenvalue weighted by molar-refractivity contribution is 0.0291. The summed E-state index contributed by atoms with van der Waals surface area (Å²) in [6, 6.07) is 7.31. The standard InChI is InChI=1S/C13H15NO3/c1-8(15)13(16)10-7-11-9(4-3-5-14-11)6-12(10)17-2/h3-8,13,15-16H,1-2H3/t8-,13+/m1/s1. The van der Waals surface area contributed by atoms with Crippen LogP contribution in [0.25, 0.3) is 10.9 Å². The average Bonchev–Trinajstić information content (AvgIpc) is 2.36. The first-order valence-electron chi connectivity index (χ1n) is 5.42. The number of hydrogen-bond acceptors (Lipinski definition) is 4. The molecule has 0 aliphatic heterocycles. The molecule has 1 heterocycles. The van der Waals surface area contributed by atoms with Crippen molar-refractivity contribution in [3.63, 3.8) is 0 Å². The zero-order chi connectivity index (χ0) is 12.4. The molecule has 17 heavy (non-hydrogen) atoms. The number of fused-ring (bicyclic) bond motifs is 1. The SMILES string of the molecule is COc1cc2cccnc2cc1[C@@H](O)[C@@H](C)O. The summed E-state index contributed by atoms with van der Waals surface area (Å²) in [6.45, 7) is 1.53. The molecule has 2 rings (SSSR count). The Morgan fingerprint density at radius 3 is 2.71 bits per heavy atom. The van der Waals surface area contributed by atoms with Crippen LogP contribution in [0.1, 0.15) is 18.6 Å². The summed E-state index contributed by atoms with van der Waals surface area (Å²) in [5.74, 6) is 0.555. The Labute approximate surface area is 99.5 Å². The maximum Gasteiger partial charge on any atom is 0.125 e. The highest BCUT2D eigenvalue weighted by atomic mass is 16.5. The van der Waals surface area contributed by atoms with Gasteiger partial charge in [-0.25, -0.2) is 0 Å². The largest absolute Gasteiger partial charge is 0.496 e. The molecule has 1 aromatic carbocycles. The van der Waals surface area contributed by atoms with Gasteiger partial charge in [0.05, 0.1) is 18.7 Å². The predicted octanol–water partition coefficient (Wildman–Crippen LogP) is 1.66. The molecule has 0 amide bonds. The molecule has 0 saturated heterocycles. The van der Waals surface area contributed by atoms with Crippen molar-refractivity contribution in [2.24, 2.45) is 0 Å². The van der Waals surface area contributed by atoms with Crippen molar-refractivity contribution in [2.45, 2.75) is 19.1 Å². The molecule has 0 aliphatic carbocycles. The van der Waals surface area contributed by atoms with Crippen molar-refractivity contribution in [3.05, 3.63) is 36.0 Å². The average molecular weight is 233 g/mol. The van der Waals surface area contributed by atoms with E-state index in [1.807, 2.05) is 18.2 Å². The van der Waals surface area contributed by atoms with Gasteiger partial charge in [0.15, 0.2) is 0 Å². The van der Waals surface area contributed by atoms with Gasteiger partial charge in [0.2, 0.25) is 0 Å². The van der Waals surface area contributed by atoms with Gasteiger partial charge in [-0.2, -0.15) is 0 Å². The van der Waals surface area contributed by atoms with Crippen molar-refractivity contribution in [1.82, 2.24) is 4.98 Å². The minimum absolute atomic E-state index is 0.550. The molecule has 0 unspecified atom stereocenters. The van der Waals surface area contributed by atoms with Gasteiger partial charge in [-0.05, 0) is 25.1 Å². The van der Waals surface area contributed by atoms with Crippen molar-refractivity contribution in [1.29, 1.82) is 0 Å². The van der Waals surface area contributed by atoms with Crippen molar-refractivity contribution in [2.75, 3.05) is 7.11 Å². The predicted molar refractivity (Wildman–Crippen MR) is 64.9 cm³/mol. The minimum atomic E-state index is -0.976. The highest BCUT2D eigenvalue weighted by molar-refractivity contribution is 5.81. The molecule has 1 aromatic heterocycles. The molecule has 2 aromatic rings. The van der Waals surface area contributed by atoms with Crippen molar-refractivity contribution < 1.29 is 14.9 Å². The van der Waals surface area contributed by atoms with Crippen molar-refractivity contribution in [3.8, 4) is 5.75 Å². The number of benzene rings is 1. The lowest BCUT2D eigenvalue weighted by atomic mass is 10.0. The molecule has 0 aliphatic rings. The van der Waals surface area contributed by atoms with Gasteiger partial charge in [-0.15, -0.1) is 0 Å². The highest BCUT2D eigenvalue weighted by Gasteiger charge is 2.19. The van der Waals surface area contributed by atoms with Crippen LogP contribution < -0.4 is 4.74 Å². The number of rotatable bonds is 3. The number of hydrogen-bond donors (Lipinski definition) is 2. The molecule has 2 N–H and O–H groups in total. The maximum atomic E-state index is 9.91. The fourth-order valence-electron chi connectivity index (χ4n) is 1.78. The molecule has 4 nitrogen and oxygen atoms in total. The van der Waals surface area contributed by atoms with E-state index in [4.69, 9.17) is 4.74 Å². The van der Waals surface area contributed by atoms with Crippen LogP contribution >= 0.6 is 0 Å². The van der Waals surface area contributed by atoms with Crippen LogP contribution in [0.2, 0.25) is 0 Å². The zero-order valence-electron chi connectivity index (χ0n) is 9.79. The second kappa shape index (κ2) is 4.69. The molecule has 2 atom stereocenters. The molecule has 4 heteroatoms. The summed E-state index contributed by atoms with van der Waals surface area (Å²) >= 11 is 0. The smallest absolute Gasteiger partial charge is 0.125 e. The van der Waals surface area contributed by atoms with Crippen LogP contribution in [0.3, 0.4) is 0 Å². The molecular formula is C13H15NO3. The fourth-order valence-corrected chi connectivity index (χ4v) is 1.78. The summed E-state index contributed by atoms with van der Waals surface area (Å²) in [5.41, 5.74) is 1.32. The molecule has 0 spiro atoms. The Bertz CT molecular complexity index is 525. The van der Waals surface area contributed by atoms with Gasteiger partial charge in [0.1, 0.15) is 11.9 Å². The number of methoxy groups -OCH3 is 1. The van der Waals surface area contributed by atoms with E-state index in [-0.39, 0.29) is 0 Å². The minimum Gasteiger partial charge on any atom is -0.496 e. The lowest BCUT2D eigenvalue weighted by Crippen LogP contribution is -2.14. The van der Waals surface area contributed by atoms with Crippen LogP contribution in [-0.2, 0) is 0 Å². The normalized spacial score (nSPS) is 14.6. The van der Waals surface area contributed by atoms with Gasteiger partial charge in [-0.1, -0.05) is 6.07 Å². The van der Waals surface area contributed by atoms with Gasteiger partial charge < -0.3 is 14.9 Å². The Morgan fingerprint density at radius 2 is 2.06 bits per heavy atom. The first kappa shape index (κ1) is 11.8. The first-order chi connectivity index (χ1) is 8.13. The third-order valence-electron chi connectivity index (χ3n) is 2.73. The second-order valence-corrected chi connectivity index (χ2v) is 3.98. The molecule has 0 saturated carbocycles. The number of pyridine rings is 1. The van der Waals surface area contributed by atoms with Crippen molar-refractivity contribution >= 4 is 10.9 Å². The van der Waals surface area contributed by atoms with Crippen LogP contribution in [0.15, 0.2) is 30.5 Å². The van der Waals surface area contributed by atoms with E-state index >= 15 is 0 Å². The monoisotopic (exact) mass is 233 g/mol. The molecule has 90 valence electrons. The van der Waals surface area contributed by atoms with E-state index in [0.717, 1.165) is 10.9 Å². The van der Waals surface area contributed by atoms with E-state index in [9.17, 15) is 10.2 Å². The van der Waals surface area contributed by atoms with Gasteiger partial charge in [0.25, 0.3) is 0 Å². The number of nitrogens with zero attached hydrogens (tertiary/aromatic N) is 1. The van der Waals surface area contributed by atoms with Gasteiger partial charge in [-0.3, -0.25) is 4.98 Å². The third-order valence-corrected chi connectivity index (χ3v) is 2.73. The van der Waals surface area contributed by atoms with E-state index in [0.29, 0.717) is 11.3 Å². The van der Waals surface area contributed by atoms with Crippen LogP contribution in [-0.4, -0.2) is 28.4 Å². The zero-order valence-corrected chi connectivity index (χ0v) is 9.79. The number of aromatic nitrogens is 1.